The van der Waals surface area contributed by atoms with E-state index in [9.17, 15) is 5.11 Å². The van der Waals surface area contributed by atoms with Gasteiger partial charge in [-0.3, -0.25) is 0 Å². The summed E-state index contributed by atoms with van der Waals surface area (Å²) in [7, 11) is 0. The van der Waals surface area contributed by atoms with Gasteiger partial charge >= 0.3 is 0 Å². The number of phenolic OH excluding ortho intramolecular Hbond substituents is 1. The van der Waals surface area contributed by atoms with Crippen LogP contribution in [-0.4, -0.2) is 31.3 Å². The van der Waals surface area contributed by atoms with Crippen LogP contribution < -0.4 is 10.2 Å². The second kappa shape index (κ2) is 6.63. The maximum Gasteiger partial charge on any atom is 0.116 e. The van der Waals surface area contributed by atoms with Crippen molar-refractivity contribution in [3.63, 3.8) is 0 Å². The van der Waals surface area contributed by atoms with Gasteiger partial charge in [0.15, 0.2) is 0 Å². The van der Waals surface area contributed by atoms with Crippen LogP contribution in [0.15, 0.2) is 46.2 Å². The molecule has 116 valence electrons. The Morgan fingerprint density at radius 2 is 1.77 bits per heavy atom. The molecule has 4 heteroatoms. The van der Waals surface area contributed by atoms with E-state index in [1.165, 1.54) is 21.7 Å². The first-order valence-corrected chi connectivity index (χ1v) is 8.49. The number of phenols is 1. The largest absolute Gasteiger partial charge is 0.508 e. The van der Waals surface area contributed by atoms with E-state index in [0.29, 0.717) is 5.75 Å². The van der Waals surface area contributed by atoms with Gasteiger partial charge in [0.1, 0.15) is 5.75 Å². The lowest BCUT2D eigenvalue weighted by molar-refractivity contribution is 0.473. The Morgan fingerprint density at radius 1 is 1.00 bits per heavy atom. The summed E-state index contributed by atoms with van der Waals surface area (Å²) in [5, 5.41) is 13.3. The van der Waals surface area contributed by atoms with Crippen molar-refractivity contribution >= 4 is 17.4 Å². The number of nitrogens with zero attached hydrogens (tertiary/aromatic N) is 1. The third kappa shape index (κ3) is 3.39. The van der Waals surface area contributed by atoms with E-state index in [0.717, 1.165) is 31.1 Å². The van der Waals surface area contributed by atoms with Crippen LogP contribution in [0.1, 0.15) is 11.1 Å². The van der Waals surface area contributed by atoms with Crippen molar-refractivity contribution in [2.45, 2.75) is 23.6 Å². The number of benzene rings is 2. The third-order valence-corrected chi connectivity index (χ3v) is 5.18. The Labute approximate surface area is 136 Å². The molecule has 3 nitrogen and oxygen atoms in total. The molecule has 1 fully saturated rings. The summed E-state index contributed by atoms with van der Waals surface area (Å²) >= 11 is 1.74. The van der Waals surface area contributed by atoms with Crippen LogP contribution in [0.25, 0.3) is 0 Å². The van der Waals surface area contributed by atoms with Gasteiger partial charge in [-0.2, -0.15) is 0 Å². The molecular formula is C18H22N2OS. The zero-order chi connectivity index (χ0) is 15.5. The van der Waals surface area contributed by atoms with E-state index in [1.807, 2.05) is 12.1 Å². The van der Waals surface area contributed by atoms with E-state index in [2.05, 4.69) is 42.3 Å². The second-order valence-corrected chi connectivity index (χ2v) is 6.84. The van der Waals surface area contributed by atoms with Gasteiger partial charge in [-0.05, 0) is 43.7 Å². The minimum Gasteiger partial charge on any atom is -0.508 e. The number of rotatable bonds is 3. The number of aromatic hydroxyl groups is 1. The van der Waals surface area contributed by atoms with Gasteiger partial charge in [0.2, 0.25) is 0 Å². The quantitative estimate of drug-likeness (QED) is 0.908. The number of aryl methyl sites for hydroxylation is 2. The SMILES string of the molecule is Cc1ccc(Sc2cc(O)ccc2N2CCNCC2)c(C)c1. The average Bonchev–Trinajstić information content (AvgIpc) is 2.51. The molecule has 0 spiro atoms. The Bertz CT molecular complexity index is 666. The molecule has 0 unspecified atom stereocenters. The zero-order valence-electron chi connectivity index (χ0n) is 13.1. The van der Waals surface area contributed by atoms with Gasteiger partial charge in [-0.25, -0.2) is 0 Å². The van der Waals surface area contributed by atoms with Crippen LogP contribution >= 0.6 is 11.8 Å². The molecule has 2 N–H and O–H groups in total. The summed E-state index contributed by atoms with van der Waals surface area (Å²) in [5.41, 5.74) is 3.77. The predicted octanol–water partition coefficient (Wildman–Crippen LogP) is 3.57. The summed E-state index contributed by atoms with van der Waals surface area (Å²) in [6.45, 7) is 8.28. The lowest BCUT2D eigenvalue weighted by Crippen LogP contribution is -2.43. The third-order valence-electron chi connectivity index (χ3n) is 3.95. The summed E-state index contributed by atoms with van der Waals surface area (Å²) in [6.07, 6.45) is 0. The lowest BCUT2D eigenvalue weighted by Gasteiger charge is -2.31. The highest BCUT2D eigenvalue weighted by Gasteiger charge is 2.16. The lowest BCUT2D eigenvalue weighted by atomic mass is 10.2. The Hall–Kier alpha value is -1.65. The molecule has 2 aromatic rings. The van der Waals surface area contributed by atoms with Crippen LogP contribution in [0.5, 0.6) is 5.75 Å². The number of nitrogens with one attached hydrogen (secondary N) is 1. The maximum atomic E-state index is 9.88. The van der Waals surface area contributed by atoms with Gasteiger partial charge in [0.25, 0.3) is 0 Å². The van der Waals surface area contributed by atoms with E-state index >= 15 is 0 Å². The van der Waals surface area contributed by atoms with Crippen molar-refractivity contribution < 1.29 is 5.11 Å². The first-order chi connectivity index (χ1) is 10.6. The minimum absolute atomic E-state index is 0.325. The fourth-order valence-electron chi connectivity index (χ4n) is 2.78. The van der Waals surface area contributed by atoms with Crippen molar-refractivity contribution in [3.8, 4) is 5.75 Å². The number of piperazine rings is 1. The normalized spacial score (nSPS) is 15.1. The zero-order valence-corrected chi connectivity index (χ0v) is 13.9. The minimum atomic E-state index is 0.325. The Balaban J connectivity index is 1.92. The van der Waals surface area contributed by atoms with Gasteiger partial charge in [0.05, 0.1) is 5.69 Å². The van der Waals surface area contributed by atoms with Gasteiger partial charge in [-0.1, -0.05) is 29.5 Å². The Morgan fingerprint density at radius 3 is 2.50 bits per heavy atom. The standard InChI is InChI=1S/C18H22N2OS/c1-13-3-6-17(14(2)11-13)22-18-12-15(21)4-5-16(18)20-9-7-19-8-10-20/h3-6,11-12,19,21H,7-10H2,1-2H3. The van der Waals surface area contributed by atoms with Crippen molar-refractivity contribution in [1.82, 2.24) is 5.32 Å². The molecule has 22 heavy (non-hydrogen) atoms. The fraction of sp³-hybridized carbons (Fsp3) is 0.333. The Kier molecular flexibility index (Phi) is 4.60. The van der Waals surface area contributed by atoms with Crippen LogP contribution in [0.2, 0.25) is 0 Å². The highest BCUT2D eigenvalue weighted by molar-refractivity contribution is 7.99. The highest BCUT2D eigenvalue weighted by Crippen LogP contribution is 2.39. The van der Waals surface area contributed by atoms with E-state index < -0.39 is 0 Å². The molecule has 0 atom stereocenters. The van der Waals surface area contributed by atoms with Crippen LogP contribution in [-0.2, 0) is 0 Å². The summed E-state index contributed by atoms with van der Waals surface area (Å²) < 4.78 is 0. The van der Waals surface area contributed by atoms with Crippen molar-refractivity contribution in [3.05, 3.63) is 47.5 Å². The average molecular weight is 314 g/mol. The van der Waals surface area contributed by atoms with Crippen molar-refractivity contribution in [1.29, 1.82) is 0 Å². The molecular weight excluding hydrogens is 292 g/mol. The second-order valence-electron chi connectivity index (χ2n) is 5.76. The number of anilines is 1. The van der Waals surface area contributed by atoms with E-state index in [-0.39, 0.29) is 0 Å². The van der Waals surface area contributed by atoms with Crippen molar-refractivity contribution in [2.75, 3.05) is 31.1 Å². The molecule has 1 aliphatic rings. The fourth-order valence-corrected chi connectivity index (χ4v) is 3.86. The predicted molar refractivity (Wildman–Crippen MR) is 93.2 cm³/mol. The smallest absolute Gasteiger partial charge is 0.116 e. The van der Waals surface area contributed by atoms with Crippen LogP contribution in [0.3, 0.4) is 0 Å². The topological polar surface area (TPSA) is 35.5 Å². The molecule has 0 aliphatic carbocycles. The molecule has 0 saturated carbocycles. The first-order valence-electron chi connectivity index (χ1n) is 7.67. The molecule has 1 saturated heterocycles. The molecule has 3 rings (SSSR count). The van der Waals surface area contributed by atoms with Crippen molar-refractivity contribution in [2.24, 2.45) is 0 Å². The van der Waals surface area contributed by atoms with Gasteiger partial charge < -0.3 is 15.3 Å². The maximum absolute atomic E-state index is 9.88. The summed E-state index contributed by atoms with van der Waals surface area (Å²) in [5.74, 6) is 0.325. The molecule has 0 aromatic heterocycles. The summed E-state index contributed by atoms with van der Waals surface area (Å²) in [4.78, 5) is 4.75. The number of hydrogen-bond donors (Lipinski definition) is 2. The van der Waals surface area contributed by atoms with Gasteiger partial charge in [-0.15, -0.1) is 0 Å². The summed E-state index contributed by atoms with van der Waals surface area (Å²) in [6, 6.07) is 12.2. The van der Waals surface area contributed by atoms with E-state index in [4.69, 9.17) is 0 Å². The monoisotopic (exact) mass is 314 g/mol. The molecule has 0 bridgehead atoms. The molecule has 1 heterocycles. The van der Waals surface area contributed by atoms with E-state index in [1.54, 1.807) is 17.8 Å². The number of hydrogen-bond acceptors (Lipinski definition) is 4. The molecule has 2 aromatic carbocycles. The molecule has 0 radical (unpaired) electrons. The van der Waals surface area contributed by atoms with Crippen LogP contribution in [0.4, 0.5) is 5.69 Å². The highest BCUT2D eigenvalue weighted by atomic mass is 32.2. The molecule has 1 aliphatic heterocycles. The first kappa shape index (κ1) is 15.3. The van der Waals surface area contributed by atoms with Gasteiger partial charge in [0, 0.05) is 36.0 Å². The molecule has 0 amide bonds. The van der Waals surface area contributed by atoms with Crippen LogP contribution in [0, 0.1) is 13.8 Å².